The van der Waals surface area contributed by atoms with E-state index in [0.29, 0.717) is 0 Å². The first-order valence-corrected chi connectivity index (χ1v) is 2.73. The maximum Gasteiger partial charge on any atom is 0.341 e. The average molecular weight is 138 g/mol. The molecule has 3 nitrogen and oxygen atoms in total. The molecule has 0 unspecified atom stereocenters. The number of carbonyl (C=O) groups excluding carboxylic acids is 2. The highest BCUT2D eigenvalue weighted by Crippen LogP contribution is 2.16. The van der Waals surface area contributed by atoms with E-state index in [2.05, 4.69) is 17.9 Å². The Morgan fingerprint density at radius 2 is 1.50 bits per heavy atom. The Morgan fingerprint density at radius 1 is 1.10 bits per heavy atom. The molecule has 0 aromatic heterocycles. The molecule has 1 aliphatic heterocycles. The van der Waals surface area contributed by atoms with E-state index < -0.39 is 11.9 Å². The zero-order valence-electron chi connectivity index (χ0n) is 5.35. The van der Waals surface area contributed by atoms with Crippen molar-refractivity contribution >= 4 is 11.9 Å². The van der Waals surface area contributed by atoms with Crippen molar-refractivity contribution in [3.8, 4) is 0 Å². The van der Waals surface area contributed by atoms with Gasteiger partial charge in [0.25, 0.3) is 0 Å². The Kier molecular flexibility index (Phi) is 1.41. The number of ether oxygens (including phenoxy) is 1. The molecule has 0 amide bonds. The normalized spacial score (nSPS) is 19.2. The minimum atomic E-state index is -0.641. The minimum absolute atomic E-state index is 0.234. The fraction of sp³-hybridized carbons (Fsp3) is 0.143. The summed E-state index contributed by atoms with van der Waals surface area (Å²) in [5, 5.41) is 0. The third-order valence-corrected chi connectivity index (χ3v) is 1.19. The molecule has 0 N–H and O–H groups in total. The van der Waals surface area contributed by atoms with Gasteiger partial charge in [0, 0.05) is 17.6 Å². The van der Waals surface area contributed by atoms with Crippen LogP contribution in [0.25, 0.3) is 0 Å². The maximum atomic E-state index is 10.6. The molecule has 0 aromatic rings. The van der Waals surface area contributed by atoms with Crippen molar-refractivity contribution in [3.05, 3.63) is 24.3 Å². The Balaban J connectivity index is 2.82. The summed E-state index contributed by atoms with van der Waals surface area (Å²) in [7, 11) is 0. The monoisotopic (exact) mass is 138 g/mol. The van der Waals surface area contributed by atoms with Crippen LogP contribution in [0, 0.1) is 0 Å². The van der Waals surface area contributed by atoms with Crippen LogP contribution >= 0.6 is 0 Å². The molecular formula is C7H6O3. The van der Waals surface area contributed by atoms with Gasteiger partial charge in [-0.15, -0.1) is 0 Å². The van der Waals surface area contributed by atoms with Crippen LogP contribution in [0.15, 0.2) is 24.3 Å². The van der Waals surface area contributed by atoms with E-state index in [1.165, 1.54) is 0 Å². The molecular weight excluding hydrogens is 132 g/mol. The predicted molar refractivity (Wildman–Crippen MR) is 34.0 cm³/mol. The summed E-state index contributed by atoms with van der Waals surface area (Å²) in [5.74, 6) is -1.28. The molecule has 1 fully saturated rings. The lowest BCUT2D eigenvalue weighted by Crippen LogP contribution is -2.21. The van der Waals surface area contributed by atoms with Gasteiger partial charge in [-0.1, -0.05) is 13.2 Å². The third kappa shape index (κ3) is 0.978. The Labute approximate surface area is 58.0 Å². The van der Waals surface area contributed by atoms with E-state index >= 15 is 0 Å². The molecule has 0 bridgehead atoms. The van der Waals surface area contributed by atoms with Gasteiger partial charge < -0.3 is 4.74 Å². The molecule has 0 aliphatic carbocycles. The fourth-order valence-electron chi connectivity index (χ4n) is 0.630. The molecule has 3 heteroatoms. The van der Waals surface area contributed by atoms with E-state index in [4.69, 9.17) is 0 Å². The second kappa shape index (κ2) is 2.10. The van der Waals surface area contributed by atoms with Gasteiger partial charge in [-0.25, -0.2) is 9.59 Å². The first-order chi connectivity index (χ1) is 4.61. The van der Waals surface area contributed by atoms with Gasteiger partial charge in [0.15, 0.2) is 0 Å². The zero-order valence-corrected chi connectivity index (χ0v) is 5.35. The number of carbonyl (C=O) groups is 2. The van der Waals surface area contributed by atoms with E-state index in [1.54, 1.807) is 0 Å². The van der Waals surface area contributed by atoms with Crippen molar-refractivity contribution in [2.24, 2.45) is 0 Å². The fourth-order valence-corrected chi connectivity index (χ4v) is 0.630. The smallest absolute Gasteiger partial charge is 0.341 e. The molecule has 1 saturated heterocycles. The highest BCUT2D eigenvalue weighted by Gasteiger charge is 2.24. The number of hydrogen-bond donors (Lipinski definition) is 0. The minimum Gasteiger partial charge on any atom is -0.386 e. The van der Waals surface area contributed by atoms with Crippen molar-refractivity contribution in [1.82, 2.24) is 0 Å². The average Bonchev–Trinajstić information content (AvgIpc) is 1.84. The van der Waals surface area contributed by atoms with Crippen LogP contribution in [-0.2, 0) is 14.3 Å². The molecule has 52 valence electrons. The Morgan fingerprint density at radius 3 is 1.80 bits per heavy atom. The molecule has 0 spiro atoms. The van der Waals surface area contributed by atoms with Crippen LogP contribution in [-0.4, -0.2) is 11.9 Å². The molecule has 1 aliphatic rings. The molecule has 0 aromatic carbocycles. The standard InChI is InChI=1S/C7H6O3/c1-4-3-5(2)7(9)10-6(4)8/h1-3H2. The Hall–Kier alpha value is -1.38. The van der Waals surface area contributed by atoms with Crippen LogP contribution in [0.4, 0.5) is 0 Å². The lowest BCUT2D eigenvalue weighted by Gasteiger charge is -2.12. The van der Waals surface area contributed by atoms with Gasteiger partial charge in [0.1, 0.15) is 0 Å². The first-order valence-electron chi connectivity index (χ1n) is 2.73. The second-order valence-corrected chi connectivity index (χ2v) is 2.06. The van der Waals surface area contributed by atoms with E-state index in [9.17, 15) is 9.59 Å². The topological polar surface area (TPSA) is 43.4 Å². The summed E-state index contributed by atoms with van der Waals surface area (Å²) in [6.07, 6.45) is 0.234. The van der Waals surface area contributed by atoms with Crippen LogP contribution in [0.1, 0.15) is 6.42 Å². The van der Waals surface area contributed by atoms with Crippen LogP contribution in [0.3, 0.4) is 0 Å². The summed E-state index contributed by atoms with van der Waals surface area (Å²) in [6.45, 7) is 6.78. The summed E-state index contributed by atoms with van der Waals surface area (Å²) >= 11 is 0. The van der Waals surface area contributed by atoms with Gasteiger partial charge in [0.05, 0.1) is 0 Å². The van der Waals surface area contributed by atoms with Gasteiger partial charge in [-0.2, -0.15) is 0 Å². The lowest BCUT2D eigenvalue weighted by atomic mass is 10.1. The van der Waals surface area contributed by atoms with Crippen molar-refractivity contribution < 1.29 is 14.3 Å². The molecule has 10 heavy (non-hydrogen) atoms. The summed E-state index contributed by atoms with van der Waals surface area (Å²) in [6, 6.07) is 0. The molecule has 0 radical (unpaired) electrons. The quantitative estimate of drug-likeness (QED) is 0.279. The summed E-state index contributed by atoms with van der Waals surface area (Å²) < 4.78 is 4.23. The zero-order chi connectivity index (χ0) is 7.72. The van der Waals surface area contributed by atoms with E-state index in [0.717, 1.165) is 0 Å². The van der Waals surface area contributed by atoms with Gasteiger partial charge in [-0.3, -0.25) is 0 Å². The van der Waals surface area contributed by atoms with Crippen LogP contribution < -0.4 is 0 Å². The molecule has 1 rings (SSSR count). The largest absolute Gasteiger partial charge is 0.386 e. The van der Waals surface area contributed by atoms with Crippen molar-refractivity contribution in [2.45, 2.75) is 6.42 Å². The molecule has 0 atom stereocenters. The van der Waals surface area contributed by atoms with Gasteiger partial charge in [-0.05, 0) is 0 Å². The number of esters is 2. The summed E-state index contributed by atoms with van der Waals surface area (Å²) in [5.41, 5.74) is 0.564. The van der Waals surface area contributed by atoms with Crippen molar-refractivity contribution in [1.29, 1.82) is 0 Å². The van der Waals surface area contributed by atoms with Crippen molar-refractivity contribution in [2.75, 3.05) is 0 Å². The number of cyclic esters (lactones) is 2. The highest BCUT2D eigenvalue weighted by atomic mass is 16.6. The maximum absolute atomic E-state index is 10.6. The molecule has 1 heterocycles. The third-order valence-electron chi connectivity index (χ3n) is 1.19. The number of hydrogen-bond acceptors (Lipinski definition) is 3. The van der Waals surface area contributed by atoms with Crippen molar-refractivity contribution in [3.63, 3.8) is 0 Å². The Bertz CT molecular complexity index is 187. The van der Waals surface area contributed by atoms with Crippen LogP contribution in [0.2, 0.25) is 0 Å². The van der Waals surface area contributed by atoms with E-state index in [1.807, 2.05) is 0 Å². The SMILES string of the molecule is C=C1CC(=C)C(=O)OC1=O. The predicted octanol–water partition coefficient (Wildman–Crippen LogP) is 0.572. The van der Waals surface area contributed by atoms with E-state index in [-0.39, 0.29) is 17.6 Å². The highest BCUT2D eigenvalue weighted by molar-refractivity contribution is 6.06. The lowest BCUT2D eigenvalue weighted by molar-refractivity contribution is -0.155. The first kappa shape index (κ1) is 6.74. The van der Waals surface area contributed by atoms with Gasteiger partial charge >= 0.3 is 11.9 Å². The van der Waals surface area contributed by atoms with Gasteiger partial charge in [0.2, 0.25) is 0 Å². The summed E-state index contributed by atoms with van der Waals surface area (Å²) in [4.78, 5) is 21.1. The second-order valence-electron chi connectivity index (χ2n) is 2.06. The van der Waals surface area contributed by atoms with Crippen LogP contribution in [0.5, 0.6) is 0 Å². The molecule has 0 saturated carbocycles. The number of rotatable bonds is 0.